The van der Waals surface area contributed by atoms with Crippen molar-refractivity contribution in [3.63, 3.8) is 0 Å². The Hall–Kier alpha value is -2.98. The van der Waals surface area contributed by atoms with Crippen LogP contribution in [0.15, 0.2) is 18.5 Å². The average Bonchev–Trinajstić information content (AvgIpc) is 3.38. The summed E-state index contributed by atoms with van der Waals surface area (Å²) in [4.78, 5) is 39.8. The van der Waals surface area contributed by atoms with Crippen LogP contribution in [0.5, 0.6) is 0 Å². The van der Waals surface area contributed by atoms with Crippen LogP contribution in [0, 0.1) is 0 Å². The van der Waals surface area contributed by atoms with Crippen molar-refractivity contribution in [1.82, 2.24) is 14.9 Å². The van der Waals surface area contributed by atoms with Crippen LogP contribution in [0.4, 0.5) is 4.79 Å². The molecule has 194 valence electrons. The van der Waals surface area contributed by atoms with Gasteiger partial charge in [0, 0.05) is 30.4 Å². The van der Waals surface area contributed by atoms with E-state index in [0.29, 0.717) is 22.6 Å². The molecule has 1 aliphatic rings. The van der Waals surface area contributed by atoms with Crippen LogP contribution in [0.3, 0.4) is 0 Å². The van der Waals surface area contributed by atoms with E-state index in [0.717, 1.165) is 12.8 Å². The smallest absolute Gasteiger partial charge is 0.420 e. The highest BCUT2D eigenvalue weighted by molar-refractivity contribution is 6.06. The van der Waals surface area contributed by atoms with Gasteiger partial charge in [0.15, 0.2) is 5.65 Å². The molecule has 0 aromatic carbocycles. The zero-order valence-corrected chi connectivity index (χ0v) is 21.5. The zero-order valence-electron chi connectivity index (χ0n) is 21.5. The highest BCUT2D eigenvalue weighted by Crippen LogP contribution is 2.25. The van der Waals surface area contributed by atoms with Crippen molar-refractivity contribution in [2.45, 2.75) is 90.5 Å². The zero-order chi connectivity index (χ0) is 26.4. The topological polar surface area (TPSA) is 146 Å². The van der Waals surface area contributed by atoms with E-state index in [1.54, 1.807) is 40.7 Å². The van der Waals surface area contributed by atoms with Gasteiger partial charge in [-0.15, -0.1) is 0 Å². The first-order valence-corrected chi connectivity index (χ1v) is 11.8. The predicted octanol–water partition coefficient (Wildman–Crippen LogP) is 3.27. The second-order valence-electron chi connectivity index (χ2n) is 10.3. The van der Waals surface area contributed by atoms with Crippen LogP contribution in [0.1, 0.15) is 82.6 Å². The summed E-state index contributed by atoms with van der Waals surface area (Å²) in [5.74, 6) is -0.589. The molecule has 0 unspecified atom stereocenters. The maximum Gasteiger partial charge on any atom is 0.420 e. The van der Waals surface area contributed by atoms with E-state index in [-0.39, 0.29) is 24.4 Å². The summed E-state index contributed by atoms with van der Waals surface area (Å²) < 4.78 is 11.3. The fraction of sp³-hybridized carbons (Fsp3) is 0.600. The van der Waals surface area contributed by atoms with E-state index in [1.165, 1.54) is 36.9 Å². The summed E-state index contributed by atoms with van der Waals surface area (Å²) in [5.41, 5.74) is 5.41. The fourth-order valence-corrected chi connectivity index (χ4v) is 3.85. The van der Waals surface area contributed by atoms with E-state index in [9.17, 15) is 19.5 Å². The molecule has 3 rings (SSSR count). The first-order chi connectivity index (χ1) is 16.3. The minimum absolute atomic E-state index is 0.0283. The molecule has 1 aliphatic carbocycles. The first-order valence-electron chi connectivity index (χ1n) is 11.8. The van der Waals surface area contributed by atoms with Crippen molar-refractivity contribution < 1.29 is 29.0 Å². The van der Waals surface area contributed by atoms with Crippen molar-refractivity contribution in [2.24, 2.45) is 5.73 Å². The molecule has 0 radical (unpaired) electrons. The molecule has 0 spiro atoms. The van der Waals surface area contributed by atoms with Gasteiger partial charge < -0.3 is 25.6 Å². The number of rotatable bonds is 5. The number of hydrogen-bond donors (Lipinski definition) is 3. The SMILES string of the molecule is CC(C)(O)CC(=O)NC1CCCC1.COC(=O)c1cn(C(=O)OC(C)(C)C)c2nccc(CN)c12. The molecule has 1 saturated carbocycles. The molecule has 0 saturated heterocycles. The number of nitrogens with zero attached hydrogens (tertiary/aromatic N) is 2. The summed E-state index contributed by atoms with van der Waals surface area (Å²) in [6, 6.07) is 2.06. The number of carbonyl (C=O) groups is 3. The van der Waals surface area contributed by atoms with Crippen LogP contribution >= 0.6 is 0 Å². The van der Waals surface area contributed by atoms with E-state index in [2.05, 4.69) is 10.3 Å². The molecular formula is C25H38N4O6. The number of nitrogens with one attached hydrogen (secondary N) is 1. The Morgan fingerprint density at radius 3 is 2.34 bits per heavy atom. The average molecular weight is 491 g/mol. The Labute approximate surface area is 206 Å². The number of aromatic nitrogens is 2. The van der Waals surface area contributed by atoms with Gasteiger partial charge in [-0.3, -0.25) is 4.79 Å². The molecule has 2 heterocycles. The molecule has 2 aromatic rings. The molecule has 4 N–H and O–H groups in total. The molecule has 10 heteroatoms. The summed E-state index contributed by atoms with van der Waals surface area (Å²) >= 11 is 0. The number of methoxy groups -OCH3 is 1. The van der Waals surface area contributed by atoms with Gasteiger partial charge in [0.05, 0.1) is 24.7 Å². The van der Waals surface area contributed by atoms with Crippen molar-refractivity contribution >= 4 is 29.0 Å². The quantitative estimate of drug-likeness (QED) is 0.541. The number of amides is 1. The van der Waals surface area contributed by atoms with Crippen molar-refractivity contribution in [1.29, 1.82) is 0 Å². The van der Waals surface area contributed by atoms with Crippen LogP contribution < -0.4 is 11.1 Å². The largest absolute Gasteiger partial charge is 0.465 e. The molecular weight excluding hydrogens is 452 g/mol. The standard InChI is InChI=1S/C15H19N3O4.C10H19NO2/c1-15(2,3)22-14(20)18-8-10(13(19)21-4)11-9(7-16)5-6-17-12(11)18;1-10(2,13)7-9(12)11-8-5-3-4-6-8/h5-6,8H,7,16H2,1-4H3;8,13H,3-7H2,1-2H3,(H,11,12). The van der Waals surface area contributed by atoms with E-state index < -0.39 is 23.3 Å². The molecule has 2 aromatic heterocycles. The summed E-state index contributed by atoms with van der Waals surface area (Å²) in [7, 11) is 1.28. The molecule has 0 aliphatic heterocycles. The first kappa shape index (κ1) is 28.3. The van der Waals surface area contributed by atoms with Gasteiger partial charge in [0.2, 0.25) is 5.91 Å². The number of nitrogens with two attached hydrogens (primary N) is 1. The third-order valence-corrected chi connectivity index (χ3v) is 5.30. The second kappa shape index (κ2) is 11.6. The Morgan fingerprint density at radius 1 is 1.20 bits per heavy atom. The lowest BCUT2D eigenvalue weighted by Gasteiger charge is -2.19. The van der Waals surface area contributed by atoms with E-state index in [1.807, 2.05) is 0 Å². The summed E-state index contributed by atoms with van der Waals surface area (Å²) in [5, 5.41) is 12.8. The molecule has 1 amide bonds. The number of fused-ring (bicyclic) bond motifs is 1. The van der Waals surface area contributed by atoms with Gasteiger partial charge in [-0.1, -0.05) is 12.8 Å². The van der Waals surface area contributed by atoms with Crippen LogP contribution in [-0.2, 0) is 20.8 Å². The molecule has 0 bridgehead atoms. The Bertz CT molecular complexity index is 1040. The Balaban J connectivity index is 0.000000283. The minimum Gasteiger partial charge on any atom is -0.465 e. The molecule has 1 fully saturated rings. The normalized spacial score (nSPS) is 14.3. The lowest BCUT2D eigenvalue weighted by Crippen LogP contribution is -2.37. The fourth-order valence-electron chi connectivity index (χ4n) is 3.85. The highest BCUT2D eigenvalue weighted by atomic mass is 16.6. The maximum absolute atomic E-state index is 12.3. The number of pyridine rings is 1. The molecule has 35 heavy (non-hydrogen) atoms. The van der Waals surface area contributed by atoms with Gasteiger partial charge in [-0.05, 0) is 59.1 Å². The molecule has 0 atom stereocenters. The van der Waals surface area contributed by atoms with E-state index in [4.69, 9.17) is 15.2 Å². The van der Waals surface area contributed by atoms with Gasteiger partial charge in [0.1, 0.15) is 5.60 Å². The summed E-state index contributed by atoms with van der Waals surface area (Å²) in [6.07, 6.45) is 7.11. The van der Waals surface area contributed by atoms with Gasteiger partial charge in [0.25, 0.3) is 0 Å². The monoisotopic (exact) mass is 490 g/mol. The Kier molecular flexibility index (Phi) is 9.39. The van der Waals surface area contributed by atoms with E-state index >= 15 is 0 Å². The molecule has 10 nitrogen and oxygen atoms in total. The summed E-state index contributed by atoms with van der Waals surface area (Å²) in [6.45, 7) is 8.80. The van der Waals surface area contributed by atoms with Gasteiger partial charge >= 0.3 is 12.1 Å². The minimum atomic E-state index is -0.886. The maximum atomic E-state index is 12.3. The number of carbonyl (C=O) groups excluding carboxylic acids is 3. The van der Waals surface area contributed by atoms with Gasteiger partial charge in [-0.25, -0.2) is 19.1 Å². The van der Waals surface area contributed by atoms with Crippen molar-refractivity contribution in [3.8, 4) is 0 Å². The van der Waals surface area contributed by atoms with Crippen LogP contribution in [0.25, 0.3) is 11.0 Å². The van der Waals surface area contributed by atoms with Crippen molar-refractivity contribution in [3.05, 3.63) is 29.6 Å². The lowest BCUT2D eigenvalue weighted by atomic mass is 10.1. The Morgan fingerprint density at radius 2 is 1.83 bits per heavy atom. The third-order valence-electron chi connectivity index (χ3n) is 5.30. The number of hydrogen-bond acceptors (Lipinski definition) is 8. The van der Waals surface area contributed by atoms with Crippen LogP contribution in [0.2, 0.25) is 0 Å². The van der Waals surface area contributed by atoms with Crippen molar-refractivity contribution in [2.75, 3.05) is 7.11 Å². The highest BCUT2D eigenvalue weighted by Gasteiger charge is 2.25. The number of ether oxygens (including phenoxy) is 2. The lowest BCUT2D eigenvalue weighted by molar-refractivity contribution is -0.125. The third kappa shape index (κ3) is 8.32. The number of esters is 1. The second-order valence-corrected chi connectivity index (χ2v) is 10.3. The predicted molar refractivity (Wildman–Crippen MR) is 132 cm³/mol. The van der Waals surface area contributed by atoms with Crippen LogP contribution in [-0.4, -0.2) is 57.0 Å². The van der Waals surface area contributed by atoms with Gasteiger partial charge in [-0.2, -0.15) is 0 Å². The number of aliphatic hydroxyl groups is 1.